The van der Waals surface area contributed by atoms with Crippen LogP contribution in [0, 0.1) is 17.0 Å². The van der Waals surface area contributed by atoms with Crippen LogP contribution in [0.3, 0.4) is 0 Å². The molecule has 4 nitrogen and oxygen atoms in total. The molecule has 1 aromatic rings. The van der Waals surface area contributed by atoms with Gasteiger partial charge in [-0.1, -0.05) is 18.2 Å². The third-order valence-corrected chi connectivity index (χ3v) is 1.15. The standard InChI is InChI=1S/C7H6NO3/c1-6-4-2-3-5-7(6)11-8(9)10/h2-5H,1H2. The maximum absolute atomic E-state index is 9.88. The lowest BCUT2D eigenvalue weighted by molar-refractivity contribution is -0.711. The molecule has 0 N–H and O–H groups in total. The Hall–Kier alpha value is -1.58. The normalized spacial score (nSPS) is 9.18. The highest BCUT2D eigenvalue weighted by Gasteiger charge is 2.00. The molecule has 0 aromatic heterocycles. The minimum Gasteiger partial charge on any atom is -0.276 e. The van der Waals surface area contributed by atoms with Gasteiger partial charge in [-0.05, 0) is 18.6 Å². The molecule has 0 aliphatic rings. The van der Waals surface area contributed by atoms with Crippen molar-refractivity contribution >= 4 is 0 Å². The van der Waals surface area contributed by atoms with Gasteiger partial charge in [-0.15, -0.1) is 10.1 Å². The van der Waals surface area contributed by atoms with Gasteiger partial charge in [0.25, 0.3) is 5.09 Å². The van der Waals surface area contributed by atoms with Crippen molar-refractivity contribution in [3.05, 3.63) is 46.9 Å². The second kappa shape index (κ2) is 3.01. The molecule has 4 heteroatoms. The van der Waals surface area contributed by atoms with Gasteiger partial charge in [-0.25, -0.2) is 0 Å². The first-order valence-electron chi connectivity index (χ1n) is 2.93. The quantitative estimate of drug-likeness (QED) is 0.476. The largest absolute Gasteiger partial charge is 0.299 e. The molecule has 0 unspecified atom stereocenters. The SMILES string of the molecule is [CH2]c1ccccc1O[N+](=O)[O-]. The van der Waals surface area contributed by atoms with Gasteiger partial charge >= 0.3 is 0 Å². The van der Waals surface area contributed by atoms with Gasteiger partial charge in [0.2, 0.25) is 0 Å². The Bertz CT molecular complexity index is 272. The van der Waals surface area contributed by atoms with E-state index in [1.807, 2.05) is 0 Å². The van der Waals surface area contributed by atoms with E-state index in [1.54, 1.807) is 18.2 Å². The highest BCUT2D eigenvalue weighted by Crippen LogP contribution is 2.15. The summed E-state index contributed by atoms with van der Waals surface area (Å²) in [6.07, 6.45) is 0. The summed E-state index contributed by atoms with van der Waals surface area (Å²) in [4.78, 5) is 14.1. The summed E-state index contributed by atoms with van der Waals surface area (Å²) in [6, 6.07) is 6.51. The van der Waals surface area contributed by atoms with E-state index < -0.39 is 5.09 Å². The molecule has 0 spiro atoms. The zero-order valence-electron chi connectivity index (χ0n) is 5.69. The number of hydrogen-bond donors (Lipinski definition) is 0. The predicted octanol–water partition coefficient (Wildman–Crippen LogP) is 1.44. The maximum atomic E-state index is 9.88. The van der Waals surface area contributed by atoms with E-state index in [-0.39, 0.29) is 5.75 Å². The summed E-state index contributed by atoms with van der Waals surface area (Å²) in [7, 11) is 0. The first-order valence-corrected chi connectivity index (χ1v) is 2.93. The summed E-state index contributed by atoms with van der Waals surface area (Å²) >= 11 is 0. The Kier molecular flexibility index (Phi) is 2.06. The molecule has 0 saturated heterocycles. The molecule has 1 aromatic carbocycles. The molecule has 11 heavy (non-hydrogen) atoms. The van der Waals surface area contributed by atoms with Crippen molar-refractivity contribution in [1.29, 1.82) is 0 Å². The molecule has 0 aliphatic carbocycles. The van der Waals surface area contributed by atoms with E-state index in [0.717, 1.165) is 0 Å². The van der Waals surface area contributed by atoms with Gasteiger partial charge in [0.15, 0.2) is 0 Å². The molecule has 0 fully saturated rings. The van der Waals surface area contributed by atoms with E-state index in [4.69, 9.17) is 0 Å². The monoisotopic (exact) mass is 152 g/mol. The molecule has 1 radical (unpaired) electrons. The molecule has 0 bridgehead atoms. The van der Waals surface area contributed by atoms with Crippen LogP contribution in [0.2, 0.25) is 0 Å². The summed E-state index contributed by atoms with van der Waals surface area (Å²) in [5, 5.41) is 9.02. The van der Waals surface area contributed by atoms with Gasteiger partial charge in [-0.2, -0.15) is 0 Å². The lowest BCUT2D eigenvalue weighted by Gasteiger charge is -1.99. The number of para-hydroxylation sites is 1. The molecular weight excluding hydrogens is 146 g/mol. The average molecular weight is 152 g/mol. The van der Waals surface area contributed by atoms with Gasteiger partial charge < -0.3 is 0 Å². The van der Waals surface area contributed by atoms with Crippen molar-refractivity contribution in [2.75, 3.05) is 0 Å². The van der Waals surface area contributed by atoms with Crippen molar-refractivity contribution in [2.45, 2.75) is 0 Å². The summed E-state index contributed by atoms with van der Waals surface area (Å²) in [6.45, 7) is 3.54. The van der Waals surface area contributed by atoms with E-state index in [9.17, 15) is 10.1 Å². The van der Waals surface area contributed by atoms with Crippen LogP contribution in [0.5, 0.6) is 5.75 Å². The van der Waals surface area contributed by atoms with E-state index in [0.29, 0.717) is 5.56 Å². The summed E-state index contributed by atoms with van der Waals surface area (Å²) < 4.78 is 0. The summed E-state index contributed by atoms with van der Waals surface area (Å²) in [5.74, 6) is 0.178. The second-order valence-electron chi connectivity index (χ2n) is 1.92. The van der Waals surface area contributed by atoms with Crippen LogP contribution in [0.15, 0.2) is 24.3 Å². The lowest BCUT2D eigenvalue weighted by atomic mass is 10.2. The summed E-state index contributed by atoms with van der Waals surface area (Å²) in [5.41, 5.74) is 0.504. The van der Waals surface area contributed by atoms with Gasteiger partial charge in [0, 0.05) is 0 Å². The zero-order valence-corrected chi connectivity index (χ0v) is 5.69. The van der Waals surface area contributed by atoms with E-state index in [1.165, 1.54) is 6.07 Å². The Morgan fingerprint density at radius 3 is 2.64 bits per heavy atom. The van der Waals surface area contributed by atoms with Crippen molar-refractivity contribution < 1.29 is 9.92 Å². The first-order chi connectivity index (χ1) is 5.20. The Morgan fingerprint density at radius 1 is 1.45 bits per heavy atom. The molecular formula is C7H6NO3. The highest BCUT2D eigenvalue weighted by molar-refractivity contribution is 5.34. The third-order valence-electron chi connectivity index (χ3n) is 1.15. The molecule has 0 amide bonds. The topological polar surface area (TPSA) is 52.4 Å². The van der Waals surface area contributed by atoms with E-state index >= 15 is 0 Å². The fourth-order valence-corrected chi connectivity index (χ4v) is 0.673. The fraction of sp³-hybridized carbons (Fsp3) is 0. The molecule has 0 atom stereocenters. The lowest BCUT2D eigenvalue weighted by Crippen LogP contribution is -2.04. The van der Waals surface area contributed by atoms with Crippen LogP contribution >= 0.6 is 0 Å². The number of nitrogens with zero attached hydrogens (tertiary/aromatic N) is 1. The number of rotatable bonds is 2. The molecule has 0 saturated carbocycles. The molecule has 0 heterocycles. The second-order valence-corrected chi connectivity index (χ2v) is 1.92. The van der Waals surface area contributed by atoms with Crippen molar-refractivity contribution in [2.24, 2.45) is 0 Å². The van der Waals surface area contributed by atoms with Gasteiger partial charge in [0.05, 0.1) is 0 Å². The van der Waals surface area contributed by atoms with Gasteiger partial charge in [0.1, 0.15) is 5.75 Å². The van der Waals surface area contributed by atoms with Gasteiger partial charge in [-0.3, -0.25) is 4.84 Å². The number of benzene rings is 1. The van der Waals surface area contributed by atoms with E-state index in [2.05, 4.69) is 11.8 Å². The van der Waals surface area contributed by atoms with Crippen molar-refractivity contribution in [3.63, 3.8) is 0 Å². The minimum atomic E-state index is -0.857. The minimum absolute atomic E-state index is 0.178. The fourth-order valence-electron chi connectivity index (χ4n) is 0.673. The molecule has 0 aliphatic heterocycles. The Morgan fingerprint density at radius 2 is 2.09 bits per heavy atom. The van der Waals surface area contributed by atoms with Crippen LogP contribution < -0.4 is 4.84 Å². The van der Waals surface area contributed by atoms with Crippen molar-refractivity contribution in [1.82, 2.24) is 0 Å². The van der Waals surface area contributed by atoms with Crippen LogP contribution in [-0.2, 0) is 0 Å². The van der Waals surface area contributed by atoms with Crippen LogP contribution in [0.1, 0.15) is 5.56 Å². The maximum Gasteiger partial charge on any atom is 0.299 e. The van der Waals surface area contributed by atoms with Crippen LogP contribution in [0.4, 0.5) is 0 Å². The first kappa shape index (κ1) is 7.53. The molecule has 1 rings (SSSR count). The zero-order chi connectivity index (χ0) is 8.27. The smallest absolute Gasteiger partial charge is 0.276 e. The highest BCUT2D eigenvalue weighted by atomic mass is 17.0. The molecule has 57 valence electrons. The third kappa shape index (κ3) is 1.93. The van der Waals surface area contributed by atoms with Crippen LogP contribution in [-0.4, -0.2) is 5.09 Å². The predicted molar refractivity (Wildman–Crippen MR) is 38.5 cm³/mol. The number of hydrogen-bond acceptors (Lipinski definition) is 3. The average Bonchev–Trinajstić information content (AvgIpc) is 1.93. The Balaban J connectivity index is 2.86. The van der Waals surface area contributed by atoms with Crippen molar-refractivity contribution in [3.8, 4) is 5.75 Å². The Labute approximate surface area is 63.5 Å². The van der Waals surface area contributed by atoms with Crippen LogP contribution in [0.25, 0.3) is 0 Å².